The molecular formula is C21H20N6O2. The van der Waals surface area contributed by atoms with E-state index in [0.29, 0.717) is 42.6 Å². The molecular weight excluding hydrogens is 368 g/mol. The normalized spacial score (nSPS) is 16.8. The van der Waals surface area contributed by atoms with Crippen LogP contribution in [0.1, 0.15) is 23.7 Å². The summed E-state index contributed by atoms with van der Waals surface area (Å²) >= 11 is 0. The van der Waals surface area contributed by atoms with E-state index in [9.17, 15) is 10.1 Å². The molecule has 1 unspecified atom stereocenters. The fraction of sp³-hybridized carbons (Fsp3) is 0.286. The average molecular weight is 388 g/mol. The van der Waals surface area contributed by atoms with Gasteiger partial charge >= 0.3 is 0 Å². The van der Waals surface area contributed by atoms with Crippen molar-refractivity contribution in [3.63, 3.8) is 0 Å². The first-order chi connectivity index (χ1) is 14.2. The van der Waals surface area contributed by atoms with Gasteiger partial charge in [0.25, 0.3) is 5.56 Å². The van der Waals surface area contributed by atoms with E-state index in [1.807, 2.05) is 18.2 Å². The van der Waals surface area contributed by atoms with Gasteiger partial charge in [0.2, 0.25) is 5.95 Å². The van der Waals surface area contributed by atoms with Crippen molar-refractivity contribution in [1.29, 1.82) is 5.26 Å². The van der Waals surface area contributed by atoms with Crippen LogP contribution in [0.25, 0.3) is 11.4 Å². The Balaban J connectivity index is 1.70. The topological polar surface area (TPSA) is 96.9 Å². The molecule has 0 spiro atoms. The zero-order valence-corrected chi connectivity index (χ0v) is 16.0. The molecule has 146 valence electrons. The molecule has 29 heavy (non-hydrogen) atoms. The van der Waals surface area contributed by atoms with Crippen molar-refractivity contribution in [2.75, 3.05) is 24.6 Å². The number of ether oxygens (including phenoxy) is 1. The van der Waals surface area contributed by atoms with Crippen LogP contribution in [0.2, 0.25) is 0 Å². The van der Waals surface area contributed by atoms with Crippen LogP contribution in [0.5, 0.6) is 0 Å². The van der Waals surface area contributed by atoms with Gasteiger partial charge in [-0.3, -0.25) is 9.36 Å². The fourth-order valence-electron chi connectivity index (χ4n) is 3.40. The van der Waals surface area contributed by atoms with Crippen LogP contribution in [0.15, 0.2) is 53.7 Å². The van der Waals surface area contributed by atoms with Gasteiger partial charge in [-0.05, 0) is 30.2 Å². The number of hydrogen-bond acceptors (Lipinski definition) is 7. The van der Waals surface area contributed by atoms with Gasteiger partial charge in [-0.1, -0.05) is 12.1 Å². The van der Waals surface area contributed by atoms with Crippen LogP contribution in [-0.2, 0) is 11.8 Å². The molecule has 0 amide bonds. The van der Waals surface area contributed by atoms with Crippen LogP contribution in [0.3, 0.4) is 0 Å². The van der Waals surface area contributed by atoms with Crippen LogP contribution < -0.4 is 10.5 Å². The van der Waals surface area contributed by atoms with Gasteiger partial charge in [0.1, 0.15) is 12.4 Å². The minimum Gasteiger partial charge on any atom is -0.372 e. The smallest absolute Gasteiger partial charge is 0.255 e. The number of nitrogens with zero attached hydrogens (tertiary/aromatic N) is 6. The molecule has 4 rings (SSSR count). The number of aromatic nitrogens is 4. The summed E-state index contributed by atoms with van der Waals surface area (Å²) in [5, 5.41) is 9.19. The van der Waals surface area contributed by atoms with E-state index in [2.05, 4.69) is 20.9 Å². The van der Waals surface area contributed by atoms with E-state index in [-0.39, 0.29) is 11.7 Å². The van der Waals surface area contributed by atoms with Gasteiger partial charge in [-0.25, -0.2) is 15.0 Å². The molecule has 2 aromatic heterocycles. The molecule has 8 nitrogen and oxygen atoms in total. The molecule has 1 atom stereocenters. The van der Waals surface area contributed by atoms with Crippen molar-refractivity contribution in [1.82, 2.24) is 19.5 Å². The minimum absolute atomic E-state index is 0.156. The highest BCUT2D eigenvalue weighted by molar-refractivity contribution is 5.55. The third kappa shape index (κ3) is 4.00. The lowest BCUT2D eigenvalue weighted by molar-refractivity contribution is 0.0685. The molecule has 0 aliphatic carbocycles. The largest absolute Gasteiger partial charge is 0.372 e. The summed E-state index contributed by atoms with van der Waals surface area (Å²) in [6, 6.07) is 12.8. The quantitative estimate of drug-likeness (QED) is 0.677. The first kappa shape index (κ1) is 18.8. The second-order valence-corrected chi connectivity index (χ2v) is 6.83. The van der Waals surface area contributed by atoms with Crippen molar-refractivity contribution in [3.05, 3.63) is 70.4 Å². The number of anilines is 1. The Morgan fingerprint density at radius 2 is 2.14 bits per heavy atom. The summed E-state index contributed by atoms with van der Waals surface area (Å²) in [5.74, 6) is 0.568. The third-order valence-electron chi connectivity index (χ3n) is 4.90. The summed E-state index contributed by atoms with van der Waals surface area (Å²) in [5.41, 5.74) is 2.49. The van der Waals surface area contributed by atoms with Gasteiger partial charge in [0.15, 0.2) is 0 Å². The standard InChI is InChI=1S/C21H20N6O2/c1-26-20(28)11-18(17-6-7-23-14-24-17)25-21(26)27-8-3-9-29-19(13-27)16-5-2-4-15(10-16)12-22/h2,4-7,10-11,14,19H,3,8-9,13H2,1H3. The average Bonchev–Trinajstić information content (AvgIpc) is 3.02. The summed E-state index contributed by atoms with van der Waals surface area (Å²) in [4.78, 5) is 27.5. The summed E-state index contributed by atoms with van der Waals surface area (Å²) in [7, 11) is 1.71. The van der Waals surface area contributed by atoms with Crippen molar-refractivity contribution >= 4 is 5.95 Å². The monoisotopic (exact) mass is 388 g/mol. The highest BCUT2D eigenvalue weighted by Gasteiger charge is 2.24. The van der Waals surface area contributed by atoms with E-state index in [0.717, 1.165) is 12.0 Å². The third-order valence-corrected chi connectivity index (χ3v) is 4.90. The number of nitriles is 1. The Kier molecular flexibility index (Phi) is 5.31. The molecule has 1 fully saturated rings. The van der Waals surface area contributed by atoms with E-state index >= 15 is 0 Å². The highest BCUT2D eigenvalue weighted by atomic mass is 16.5. The molecule has 1 aromatic carbocycles. The molecule has 3 aromatic rings. The summed E-state index contributed by atoms with van der Waals surface area (Å²) < 4.78 is 7.58. The molecule has 0 radical (unpaired) electrons. The number of benzene rings is 1. The number of hydrogen-bond donors (Lipinski definition) is 0. The zero-order valence-electron chi connectivity index (χ0n) is 16.0. The molecule has 1 aliphatic rings. The fourth-order valence-corrected chi connectivity index (χ4v) is 3.40. The van der Waals surface area contributed by atoms with Gasteiger partial charge in [-0.15, -0.1) is 0 Å². The lowest BCUT2D eigenvalue weighted by Crippen LogP contribution is -2.34. The van der Waals surface area contributed by atoms with Gasteiger partial charge < -0.3 is 9.64 Å². The first-order valence-electron chi connectivity index (χ1n) is 9.37. The van der Waals surface area contributed by atoms with Gasteiger partial charge in [0, 0.05) is 32.5 Å². The second-order valence-electron chi connectivity index (χ2n) is 6.83. The SMILES string of the molecule is Cn1c(N2CCCOC(c3cccc(C#N)c3)C2)nc(-c2ccncn2)cc1=O. The lowest BCUT2D eigenvalue weighted by Gasteiger charge is -2.26. The maximum Gasteiger partial charge on any atom is 0.255 e. The van der Waals surface area contributed by atoms with Gasteiger partial charge in [-0.2, -0.15) is 5.26 Å². The molecule has 0 bridgehead atoms. The first-order valence-corrected chi connectivity index (χ1v) is 9.37. The second kappa shape index (κ2) is 8.20. The Labute approximate surface area is 168 Å². The molecule has 3 heterocycles. The molecule has 0 N–H and O–H groups in total. The summed E-state index contributed by atoms with van der Waals surface area (Å²) in [6.45, 7) is 1.84. The van der Waals surface area contributed by atoms with Crippen molar-refractivity contribution < 1.29 is 4.74 Å². The van der Waals surface area contributed by atoms with E-state index in [4.69, 9.17) is 9.72 Å². The van der Waals surface area contributed by atoms with Gasteiger partial charge in [0.05, 0.1) is 29.6 Å². The van der Waals surface area contributed by atoms with E-state index < -0.39 is 0 Å². The van der Waals surface area contributed by atoms with Crippen molar-refractivity contribution in [2.45, 2.75) is 12.5 Å². The van der Waals surface area contributed by atoms with Crippen LogP contribution in [0.4, 0.5) is 5.95 Å². The zero-order chi connectivity index (χ0) is 20.2. The van der Waals surface area contributed by atoms with Crippen molar-refractivity contribution in [2.24, 2.45) is 7.05 Å². The molecule has 0 saturated carbocycles. The van der Waals surface area contributed by atoms with Crippen LogP contribution >= 0.6 is 0 Å². The molecule has 8 heteroatoms. The van der Waals surface area contributed by atoms with E-state index in [1.54, 1.807) is 29.9 Å². The predicted molar refractivity (Wildman–Crippen MR) is 107 cm³/mol. The Hall–Kier alpha value is -3.57. The van der Waals surface area contributed by atoms with Crippen LogP contribution in [-0.4, -0.2) is 39.2 Å². The predicted octanol–water partition coefficient (Wildman–Crippen LogP) is 2.08. The van der Waals surface area contributed by atoms with Crippen molar-refractivity contribution in [3.8, 4) is 17.5 Å². The maximum absolute atomic E-state index is 12.6. The Morgan fingerprint density at radius 3 is 2.93 bits per heavy atom. The maximum atomic E-state index is 12.6. The number of rotatable bonds is 3. The minimum atomic E-state index is -0.217. The Bertz CT molecular complexity index is 1110. The van der Waals surface area contributed by atoms with Crippen LogP contribution in [0, 0.1) is 11.3 Å². The lowest BCUT2D eigenvalue weighted by atomic mass is 10.1. The highest BCUT2D eigenvalue weighted by Crippen LogP contribution is 2.26. The molecule has 1 aliphatic heterocycles. The summed E-state index contributed by atoms with van der Waals surface area (Å²) in [6.07, 6.45) is 3.65. The van der Waals surface area contributed by atoms with E-state index in [1.165, 1.54) is 12.4 Å². The molecule has 1 saturated heterocycles. The Morgan fingerprint density at radius 1 is 1.24 bits per heavy atom.